The molecule has 0 aliphatic carbocycles. The van der Waals surface area contributed by atoms with Crippen molar-refractivity contribution in [2.45, 2.75) is 12.8 Å². The highest BCUT2D eigenvalue weighted by Crippen LogP contribution is 2.42. The van der Waals surface area contributed by atoms with Gasteiger partial charge in [0.1, 0.15) is 0 Å². The van der Waals surface area contributed by atoms with Crippen LogP contribution in [-0.4, -0.2) is 12.7 Å². The van der Waals surface area contributed by atoms with Crippen LogP contribution in [0.25, 0.3) is 0 Å². The number of hydrogen-bond acceptors (Lipinski definition) is 1. The Labute approximate surface area is 78.8 Å². The molecule has 0 aromatic heterocycles. The topological polar surface area (TPSA) is 29.1 Å². The summed E-state index contributed by atoms with van der Waals surface area (Å²) in [6.07, 6.45) is 3.05. The van der Waals surface area contributed by atoms with Crippen LogP contribution in [-0.2, 0) is 4.57 Å². The van der Waals surface area contributed by atoms with E-state index in [4.69, 9.17) is 0 Å². The van der Waals surface area contributed by atoms with Gasteiger partial charge < -0.3 is 4.57 Å². The Bertz CT molecular complexity index is 313. The van der Waals surface area contributed by atoms with E-state index in [2.05, 4.69) is 5.09 Å². The molecule has 1 saturated heterocycles. The summed E-state index contributed by atoms with van der Waals surface area (Å²) in [7, 11) is -2.22. The third-order valence-corrected chi connectivity index (χ3v) is 5.25. The third kappa shape index (κ3) is 1.84. The van der Waals surface area contributed by atoms with Crippen LogP contribution >= 0.6 is 7.29 Å². The molecule has 1 aromatic carbocycles. The quantitative estimate of drug-likeness (QED) is 0.694. The van der Waals surface area contributed by atoms with Gasteiger partial charge in [-0.3, -0.25) is 5.09 Å². The molecule has 1 fully saturated rings. The number of rotatable bonds is 1. The van der Waals surface area contributed by atoms with Crippen LogP contribution in [0.15, 0.2) is 30.3 Å². The Morgan fingerprint density at radius 2 is 1.92 bits per heavy atom. The SMILES string of the molecule is O=[P@@]1(c2ccccc2)CCCCN1. The highest BCUT2D eigenvalue weighted by molar-refractivity contribution is 7.69. The molecule has 0 bridgehead atoms. The fourth-order valence-corrected chi connectivity index (χ4v) is 4.13. The van der Waals surface area contributed by atoms with E-state index in [0.29, 0.717) is 0 Å². The van der Waals surface area contributed by atoms with Gasteiger partial charge in [0.05, 0.1) is 0 Å². The van der Waals surface area contributed by atoms with Gasteiger partial charge >= 0.3 is 0 Å². The maximum Gasteiger partial charge on any atom is 0.176 e. The lowest BCUT2D eigenvalue weighted by Crippen LogP contribution is -2.26. The van der Waals surface area contributed by atoms with Crippen molar-refractivity contribution in [2.24, 2.45) is 0 Å². The molecule has 1 aliphatic heterocycles. The van der Waals surface area contributed by atoms with Gasteiger partial charge in [-0.05, 0) is 12.8 Å². The van der Waals surface area contributed by atoms with Crippen molar-refractivity contribution in [3.63, 3.8) is 0 Å². The van der Waals surface area contributed by atoms with Gasteiger partial charge in [-0.25, -0.2) is 0 Å². The molecular formula is C10H14NOP. The molecule has 0 radical (unpaired) electrons. The molecule has 1 aliphatic rings. The second-order valence-corrected chi connectivity index (χ2v) is 6.17. The zero-order valence-corrected chi connectivity index (χ0v) is 8.47. The lowest BCUT2D eigenvalue weighted by Gasteiger charge is -2.24. The molecule has 1 aromatic rings. The Balaban J connectivity index is 2.29. The molecule has 1 atom stereocenters. The summed E-state index contributed by atoms with van der Waals surface area (Å²) in [5, 5.41) is 4.15. The first-order valence-electron chi connectivity index (χ1n) is 4.71. The van der Waals surface area contributed by atoms with Crippen molar-refractivity contribution in [1.29, 1.82) is 0 Å². The number of benzene rings is 1. The molecule has 0 saturated carbocycles. The summed E-state index contributed by atoms with van der Waals surface area (Å²) in [6, 6.07) is 9.77. The minimum absolute atomic E-state index is 0.816. The molecule has 2 nitrogen and oxygen atoms in total. The van der Waals surface area contributed by atoms with Crippen molar-refractivity contribution in [3.05, 3.63) is 30.3 Å². The molecule has 1 heterocycles. The van der Waals surface area contributed by atoms with E-state index in [-0.39, 0.29) is 0 Å². The fourth-order valence-electron chi connectivity index (χ4n) is 1.69. The Hall–Kier alpha value is -0.590. The van der Waals surface area contributed by atoms with Crippen LogP contribution in [0.1, 0.15) is 12.8 Å². The van der Waals surface area contributed by atoms with Crippen molar-refractivity contribution in [2.75, 3.05) is 12.7 Å². The number of hydrogen-bond donors (Lipinski definition) is 1. The smallest absolute Gasteiger partial charge is 0.176 e. The first kappa shape index (κ1) is 8.98. The van der Waals surface area contributed by atoms with Crippen molar-refractivity contribution in [1.82, 2.24) is 5.09 Å². The van der Waals surface area contributed by atoms with Gasteiger partial charge in [-0.15, -0.1) is 0 Å². The van der Waals surface area contributed by atoms with Crippen LogP contribution in [0.5, 0.6) is 0 Å². The van der Waals surface area contributed by atoms with E-state index in [9.17, 15) is 4.57 Å². The molecule has 0 unspecified atom stereocenters. The lowest BCUT2D eigenvalue weighted by atomic mass is 10.3. The molecule has 1 N–H and O–H groups in total. The lowest BCUT2D eigenvalue weighted by molar-refractivity contribution is 0.556. The van der Waals surface area contributed by atoms with Crippen LogP contribution in [0.2, 0.25) is 0 Å². The second kappa shape index (κ2) is 3.65. The van der Waals surface area contributed by atoms with Crippen LogP contribution in [0, 0.1) is 0 Å². The van der Waals surface area contributed by atoms with E-state index < -0.39 is 7.29 Å². The predicted octanol–water partition coefficient (Wildman–Crippen LogP) is 1.97. The second-order valence-electron chi connectivity index (χ2n) is 3.41. The van der Waals surface area contributed by atoms with Crippen LogP contribution in [0.3, 0.4) is 0 Å². The van der Waals surface area contributed by atoms with E-state index in [1.807, 2.05) is 30.3 Å². The summed E-state index contributed by atoms with van der Waals surface area (Å²) in [4.78, 5) is 0. The Morgan fingerprint density at radius 3 is 2.54 bits per heavy atom. The van der Waals surface area contributed by atoms with E-state index >= 15 is 0 Å². The summed E-state index contributed by atoms with van der Waals surface area (Å²) in [5.74, 6) is 0. The van der Waals surface area contributed by atoms with Crippen molar-refractivity contribution >= 4 is 12.6 Å². The Kier molecular flexibility index (Phi) is 2.52. The highest BCUT2D eigenvalue weighted by atomic mass is 31.2. The predicted molar refractivity (Wildman–Crippen MR) is 55.8 cm³/mol. The van der Waals surface area contributed by atoms with Crippen LogP contribution in [0.4, 0.5) is 0 Å². The van der Waals surface area contributed by atoms with Gasteiger partial charge in [-0.2, -0.15) is 0 Å². The van der Waals surface area contributed by atoms with E-state index in [0.717, 1.165) is 30.9 Å². The summed E-state index contributed by atoms with van der Waals surface area (Å²) >= 11 is 0. The summed E-state index contributed by atoms with van der Waals surface area (Å²) < 4.78 is 12.3. The normalized spacial score (nSPS) is 28.6. The molecule has 3 heteroatoms. The monoisotopic (exact) mass is 195 g/mol. The standard InChI is InChI=1S/C10H14NOP/c12-13(9-5-4-8-11-13)10-6-2-1-3-7-10/h1-3,6-7H,4-5,8-9H2,(H,11,12)/t13-/m1/s1. The fraction of sp³-hybridized carbons (Fsp3) is 0.400. The average Bonchev–Trinajstić information content (AvgIpc) is 2.20. The Morgan fingerprint density at radius 1 is 1.15 bits per heavy atom. The van der Waals surface area contributed by atoms with E-state index in [1.54, 1.807) is 0 Å². The number of nitrogens with one attached hydrogen (secondary N) is 1. The highest BCUT2D eigenvalue weighted by Gasteiger charge is 2.25. The maximum absolute atomic E-state index is 12.3. The molecule has 70 valence electrons. The minimum Gasteiger partial charge on any atom is -0.302 e. The van der Waals surface area contributed by atoms with Gasteiger partial charge in [0.25, 0.3) is 0 Å². The molecular weight excluding hydrogens is 181 g/mol. The molecule has 0 spiro atoms. The van der Waals surface area contributed by atoms with Gasteiger partial charge in [0.15, 0.2) is 7.29 Å². The maximum atomic E-state index is 12.3. The first-order chi connectivity index (χ1) is 6.31. The zero-order valence-electron chi connectivity index (χ0n) is 7.57. The summed E-state index contributed by atoms with van der Waals surface area (Å²) in [5.41, 5.74) is 0. The van der Waals surface area contributed by atoms with Gasteiger partial charge in [0.2, 0.25) is 0 Å². The average molecular weight is 195 g/mol. The summed E-state index contributed by atoms with van der Waals surface area (Å²) in [6.45, 7) is 0.895. The molecule has 0 amide bonds. The first-order valence-corrected chi connectivity index (χ1v) is 6.60. The van der Waals surface area contributed by atoms with Crippen molar-refractivity contribution in [3.8, 4) is 0 Å². The van der Waals surface area contributed by atoms with Crippen molar-refractivity contribution < 1.29 is 4.57 Å². The zero-order chi connectivity index (χ0) is 9.15. The van der Waals surface area contributed by atoms with Gasteiger partial charge in [-0.1, -0.05) is 30.3 Å². The third-order valence-electron chi connectivity index (χ3n) is 2.44. The minimum atomic E-state index is -2.22. The largest absolute Gasteiger partial charge is 0.302 e. The van der Waals surface area contributed by atoms with Gasteiger partial charge in [0, 0.05) is 18.0 Å². The molecule has 2 rings (SSSR count). The van der Waals surface area contributed by atoms with E-state index in [1.165, 1.54) is 0 Å². The van der Waals surface area contributed by atoms with Crippen LogP contribution < -0.4 is 10.4 Å². The molecule has 13 heavy (non-hydrogen) atoms.